The average Bonchev–Trinajstić information content (AvgIpc) is 2.96. The summed E-state index contributed by atoms with van der Waals surface area (Å²) >= 11 is 5.58. The zero-order valence-electron chi connectivity index (χ0n) is 13.3. The van der Waals surface area contributed by atoms with Gasteiger partial charge in [-0.05, 0) is 41.3 Å². The number of rotatable bonds is 3. The highest BCUT2D eigenvalue weighted by Crippen LogP contribution is 2.33. The molecule has 0 aromatic heterocycles. The van der Waals surface area contributed by atoms with Gasteiger partial charge in [-0.3, -0.25) is 9.59 Å². The second-order valence-electron chi connectivity index (χ2n) is 5.71. The van der Waals surface area contributed by atoms with Crippen molar-refractivity contribution in [3.8, 4) is 0 Å². The van der Waals surface area contributed by atoms with Crippen molar-refractivity contribution in [3.63, 3.8) is 0 Å². The van der Waals surface area contributed by atoms with Crippen molar-refractivity contribution in [2.24, 2.45) is 5.11 Å². The Morgan fingerprint density at radius 2 is 2.00 bits per heavy atom. The topological polar surface area (TPSA) is 107 Å². The highest BCUT2D eigenvalue weighted by atomic mass is 35.5. The monoisotopic (exact) mass is 373 g/mol. The number of amides is 2. The Hall–Kier alpha value is -3.09. The fraction of sp³-hybridized carbons (Fsp3) is 0.176. The molecule has 0 spiro atoms. The van der Waals surface area contributed by atoms with Crippen LogP contribution in [0.5, 0.6) is 0 Å². The summed E-state index contributed by atoms with van der Waals surface area (Å²) in [5, 5.41) is 8.50. The van der Waals surface area contributed by atoms with E-state index in [-0.39, 0.29) is 10.7 Å². The molecule has 0 unspecified atom stereocenters. The Labute approximate surface area is 152 Å². The molecule has 0 saturated carbocycles. The van der Waals surface area contributed by atoms with E-state index in [4.69, 9.17) is 17.1 Å². The lowest BCUT2D eigenvalue weighted by Gasteiger charge is -2.18. The van der Waals surface area contributed by atoms with Gasteiger partial charge < -0.3 is 10.6 Å². The molecule has 1 aliphatic rings. The number of nitrogens with one attached hydrogen (secondary N) is 2. The van der Waals surface area contributed by atoms with Gasteiger partial charge in [-0.15, -0.1) is 0 Å². The van der Waals surface area contributed by atoms with Crippen LogP contribution in [0, 0.1) is 5.82 Å². The lowest BCUT2D eigenvalue weighted by molar-refractivity contribution is -0.136. The average molecular weight is 374 g/mol. The predicted octanol–water partition coefficient (Wildman–Crippen LogP) is 3.51. The number of fused-ring (bicyclic) bond motifs is 1. The first-order valence-corrected chi connectivity index (χ1v) is 8.06. The van der Waals surface area contributed by atoms with Crippen LogP contribution < -0.4 is 10.6 Å². The van der Waals surface area contributed by atoms with Crippen LogP contribution >= 0.6 is 11.6 Å². The van der Waals surface area contributed by atoms with Crippen LogP contribution in [0.2, 0.25) is 5.02 Å². The molecule has 2 atom stereocenters. The van der Waals surface area contributed by atoms with Crippen LogP contribution in [0.4, 0.5) is 10.1 Å². The molecule has 9 heteroatoms. The van der Waals surface area contributed by atoms with Gasteiger partial charge in [-0.2, -0.15) is 0 Å². The summed E-state index contributed by atoms with van der Waals surface area (Å²) in [6, 6.07) is 9.85. The van der Waals surface area contributed by atoms with Crippen molar-refractivity contribution >= 4 is 29.1 Å². The maximum Gasteiger partial charge on any atom is 0.313 e. The number of carbonyl (C=O) groups excluding carboxylic acids is 2. The molecule has 2 amide bonds. The maximum atomic E-state index is 13.4. The van der Waals surface area contributed by atoms with Crippen molar-refractivity contribution in [3.05, 3.63) is 74.9 Å². The summed E-state index contributed by atoms with van der Waals surface area (Å²) in [6.45, 7) is 0. The molecule has 0 fully saturated rings. The minimum absolute atomic E-state index is 0.0905. The summed E-state index contributed by atoms with van der Waals surface area (Å²) in [6.07, 6.45) is 0.467. The van der Waals surface area contributed by atoms with E-state index in [9.17, 15) is 14.0 Å². The number of benzene rings is 2. The number of anilines is 1. The number of hydrogen-bond acceptors (Lipinski definition) is 3. The smallest absolute Gasteiger partial charge is 0.313 e. The third-order valence-corrected chi connectivity index (χ3v) is 4.38. The van der Waals surface area contributed by atoms with E-state index >= 15 is 0 Å². The normalized spacial score (nSPS) is 17.8. The number of hydrogen-bond donors (Lipinski definition) is 2. The molecule has 0 heterocycles. The van der Waals surface area contributed by atoms with E-state index in [1.165, 1.54) is 12.1 Å². The van der Waals surface area contributed by atoms with E-state index in [0.717, 1.165) is 17.2 Å². The lowest BCUT2D eigenvalue weighted by Crippen LogP contribution is -2.40. The molecular weight excluding hydrogens is 361 g/mol. The molecule has 132 valence electrons. The lowest BCUT2D eigenvalue weighted by atomic mass is 10.1. The Bertz CT molecular complexity index is 929. The number of carbonyl (C=O) groups is 2. The molecule has 0 aliphatic heterocycles. The molecular formula is C17H13ClFN5O2. The molecule has 26 heavy (non-hydrogen) atoms. The second-order valence-corrected chi connectivity index (χ2v) is 6.12. The molecule has 1 aliphatic carbocycles. The van der Waals surface area contributed by atoms with E-state index in [0.29, 0.717) is 6.42 Å². The van der Waals surface area contributed by atoms with E-state index in [1.54, 1.807) is 12.1 Å². The largest absolute Gasteiger partial charge is 0.341 e. The summed E-state index contributed by atoms with van der Waals surface area (Å²) in [5.41, 5.74) is 10.6. The van der Waals surface area contributed by atoms with Crippen LogP contribution in [0.25, 0.3) is 10.4 Å². The van der Waals surface area contributed by atoms with E-state index < -0.39 is 29.7 Å². The Balaban J connectivity index is 1.74. The molecule has 2 aromatic carbocycles. The van der Waals surface area contributed by atoms with Crippen LogP contribution in [0.1, 0.15) is 17.2 Å². The highest BCUT2D eigenvalue weighted by Gasteiger charge is 2.34. The van der Waals surface area contributed by atoms with Crippen LogP contribution in [0.3, 0.4) is 0 Å². The first-order valence-electron chi connectivity index (χ1n) is 7.68. The molecule has 0 bridgehead atoms. The van der Waals surface area contributed by atoms with Crippen molar-refractivity contribution in [1.29, 1.82) is 0 Å². The van der Waals surface area contributed by atoms with Gasteiger partial charge in [0, 0.05) is 10.6 Å². The van der Waals surface area contributed by atoms with Gasteiger partial charge in [-0.25, -0.2) is 4.39 Å². The number of azide groups is 1. The van der Waals surface area contributed by atoms with E-state index in [2.05, 4.69) is 20.7 Å². The van der Waals surface area contributed by atoms with Gasteiger partial charge in [0.15, 0.2) is 0 Å². The summed E-state index contributed by atoms with van der Waals surface area (Å²) < 4.78 is 13.4. The van der Waals surface area contributed by atoms with Crippen molar-refractivity contribution < 1.29 is 14.0 Å². The molecule has 2 N–H and O–H groups in total. The number of halogens is 2. The third-order valence-electron chi connectivity index (χ3n) is 4.07. The van der Waals surface area contributed by atoms with Crippen LogP contribution in [-0.4, -0.2) is 17.9 Å². The van der Waals surface area contributed by atoms with Crippen molar-refractivity contribution in [2.75, 3.05) is 5.32 Å². The summed E-state index contributed by atoms with van der Waals surface area (Å²) in [4.78, 5) is 27.1. The SMILES string of the molecule is [N-]=[N+]=N[C@@H]1Cc2ccccc2[C@H]1NC(=O)C(=O)Nc1ccc(Cl)c(F)c1. The van der Waals surface area contributed by atoms with Gasteiger partial charge in [0.25, 0.3) is 0 Å². The summed E-state index contributed by atoms with van der Waals surface area (Å²) in [7, 11) is 0. The first-order chi connectivity index (χ1) is 12.5. The fourth-order valence-electron chi connectivity index (χ4n) is 2.89. The van der Waals surface area contributed by atoms with Gasteiger partial charge in [0.05, 0.1) is 17.1 Å². The third kappa shape index (κ3) is 3.61. The zero-order chi connectivity index (χ0) is 18.7. The molecule has 0 radical (unpaired) electrons. The zero-order valence-corrected chi connectivity index (χ0v) is 14.1. The Morgan fingerprint density at radius 1 is 1.23 bits per heavy atom. The highest BCUT2D eigenvalue weighted by molar-refractivity contribution is 6.39. The first kappa shape index (κ1) is 17.7. The van der Waals surface area contributed by atoms with Crippen LogP contribution in [0.15, 0.2) is 47.6 Å². The minimum Gasteiger partial charge on any atom is -0.341 e. The Morgan fingerprint density at radius 3 is 2.73 bits per heavy atom. The number of nitrogens with zero attached hydrogens (tertiary/aromatic N) is 3. The maximum absolute atomic E-state index is 13.4. The second kappa shape index (κ2) is 7.43. The predicted molar refractivity (Wildman–Crippen MR) is 94.0 cm³/mol. The van der Waals surface area contributed by atoms with Gasteiger partial charge in [0.1, 0.15) is 5.82 Å². The minimum atomic E-state index is -0.962. The summed E-state index contributed by atoms with van der Waals surface area (Å²) in [5.74, 6) is -2.59. The fourth-order valence-corrected chi connectivity index (χ4v) is 3.01. The van der Waals surface area contributed by atoms with Crippen molar-refractivity contribution in [1.82, 2.24) is 5.32 Å². The molecule has 7 nitrogen and oxygen atoms in total. The van der Waals surface area contributed by atoms with Crippen LogP contribution in [-0.2, 0) is 16.0 Å². The van der Waals surface area contributed by atoms with Gasteiger partial charge in [0.2, 0.25) is 0 Å². The Kier molecular flexibility index (Phi) is 5.06. The standard InChI is InChI=1S/C17H13ClFN5O2/c18-12-6-5-10(8-13(12)19)21-16(25)17(26)22-15-11-4-2-1-3-9(11)7-14(15)23-24-20/h1-6,8,14-15H,7H2,(H,21,25)(H,22,26)/t14-,15-/m1/s1. The van der Waals surface area contributed by atoms with Gasteiger partial charge in [-0.1, -0.05) is 41.0 Å². The molecule has 2 aromatic rings. The molecule has 3 rings (SSSR count). The quantitative estimate of drug-likeness (QED) is 0.371. The van der Waals surface area contributed by atoms with E-state index in [1.807, 2.05) is 12.1 Å². The van der Waals surface area contributed by atoms with Gasteiger partial charge >= 0.3 is 11.8 Å². The van der Waals surface area contributed by atoms with Crippen molar-refractivity contribution in [2.45, 2.75) is 18.5 Å². The molecule has 0 saturated heterocycles.